The molecule has 1 heterocycles. The zero-order chi connectivity index (χ0) is 10.9. The second-order valence-electron chi connectivity index (χ2n) is 3.16. The first-order valence-corrected chi connectivity index (χ1v) is 6.83. The Hall–Kier alpha value is -1.13. The molecule has 0 N–H and O–H groups in total. The molecular formula is C11H10O2S2. The number of hydrogen-bond acceptors (Lipinski definition) is 3. The Morgan fingerprint density at radius 1 is 1.07 bits per heavy atom. The van der Waals surface area contributed by atoms with Gasteiger partial charge in [-0.15, -0.1) is 11.3 Å². The van der Waals surface area contributed by atoms with Gasteiger partial charge in [0.15, 0.2) is 0 Å². The van der Waals surface area contributed by atoms with Gasteiger partial charge >= 0.3 is 0 Å². The van der Waals surface area contributed by atoms with Gasteiger partial charge in [0, 0.05) is 4.88 Å². The summed E-state index contributed by atoms with van der Waals surface area (Å²) < 4.78 is 24.2. The van der Waals surface area contributed by atoms with Gasteiger partial charge in [0.1, 0.15) is 0 Å². The van der Waals surface area contributed by atoms with Crippen molar-refractivity contribution in [1.82, 2.24) is 0 Å². The summed E-state index contributed by atoms with van der Waals surface area (Å²) in [7, 11) is -3.32. The first-order valence-electron chi connectivity index (χ1n) is 4.46. The van der Waals surface area contributed by atoms with E-state index in [1.165, 1.54) is 11.3 Å². The highest BCUT2D eigenvalue weighted by Gasteiger charge is 2.19. The molecule has 0 bridgehead atoms. The van der Waals surface area contributed by atoms with Crippen LogP contribution in [0.1, 0.15) is 4.88 Å². The minimum Gasteiger partial charge on any atom is -0.218 e. The van der Waals surface area contributed by atoms with Crippen LogP contribution >= 0.6 is 11.3 Å². The fourth-order valence-electron chi connectivity index (χ4n) is 1.38. The monoisotopic (exact) mass is 238 g/mol. The second-order valence-corrected chi connectivity index (χ2v) is 6.20. The zero-order valence-corrected chi connectivity index (χ0v) is 9.81. The number of sulfone groups is 1. The van der Waals surface area contributed by atoms with Crippen LogP contribution in [0.15, 0.2) is 51.6 Å². The first kappa shape index (κ1) is 10.4. The lowest BCUT2D eigenvalue weighted by atomic mass is 10.4. The van der Waals surface area contributed by atoms with Crippen LogP contribution in [0.5, 0.6) is 0 Å². The fraction of sp³-hybridized carbons (Fsp3) is 0.0909. The number of rotatable bonds is 2. The third-order valence-corrected chi connectivity index (χ3v) is 5.04. The van der Waals surface area contributed by atoms with Gasteiger partial charge in [-0.2, -0.15) is 0 Å². The average Bonchev–Trinajstić information content (AvgIpc) is 2.66. The molecule has 0 saturated carbocycles. The molecule has 0 spiro atoms. The predicted octanol–water partition coefficient (Wildman–Crippen LogP) is 2.89. The Labute approximate surface area is 93.1 Å². The molecule has 2 aromatic rings. The molecular weight excluding hydrogens is 228 g/mol. The van der Waals surface area contributed by atoms with E-state index in [1.54, 1.807) is 41.8 Å². The van der Waals surface area contributed by atoms with Crippen LogP contribution in [-0.2, 0) is 9.84 Å². The van der Waals surface area contributed by atoms with Gasteiger partial charge in [-0.05, 0) is 30.5 Å². The fourth-order valence-corrected chi connectivity index (χ4v) is 3.93. The van der Waals surface area contributed by atoms with Crippen molar-refractivity contribution in [2.45, 2.75) is 16.7 Å². The van der Waals surface area contributed by atoms with Crippen LogP contribution < -0.4 is 0 Å². The van der Waals surface area contributed by atoms with Crippen molar-refractivity contribution in [3.05, 3.63) is 46.7 Å². The average molecular weight is 238 g/mol. The summed E-state index contributed by atoms with van der Waals surface area (Å²) in [6.45, 7) is 1.82. The Balaban J connectivity index is 2.60. The zero-order valence-electron chi connectivity index (χ0n) is 8.17. The number of hydrogen-bond donors (Lipinski definition) is 0. The van der Waals surface area contributed by atoms with Crippen LogP contribution in [0.25, 0.3) is 0 Å². The molecule has 78 valence electrons. The van der Waals surface area contributed by atoms with Gasteiger partial charge in [-0.3, -0.25) is 0 Å². The van der Waals surface area contributed by atoms with E-state index in [0.29, 0.717) is 9.79 Å². The van der Waals surface area contributed by atoms with E-state index >= 15 is 0 Å². The van der Waals surface area contributed by atoms with E-state index in [4.69, 9.17) is 0 Å². The molecule has 0 fully saturated rings. The highest BCUT2D eigenvalue weighted by atomic mass is 32.2. The third-order valence-electron chi connectivity index (χ3n) is 2.15. The minimum atomic E-state index is -3.32. The lowest BCUT2D eigenvalue weighted by molar-refractivity contribution is 0.596. The summed E-state index contributed by atoms with van der Waals surface area (Å²) in [5.41, 5.74) is 0. The molecule has 0 radical (unpaired) electrons. The lowest BCUT2D eigenvalue weighted by Crippen LogP contribution is -2.01. The van der Waals surface area contributed by atoms with Gasteiger partial charge in [-0.25, -0.2) is 8.42 Å². The van der Waals surface area contributed by atoms with Crippen molar-refractivity contribution in [2.24, 2.45) is 0 Å². The van der Waals surface area contributed by atoms with Gasteiger partial charge in [0.2, 0.25) is 9.84 Å². The standard InChI is InChI=1S/C11H10O2S2/c1-9-11(7-8-14-9)15(12,13)10-5-3-2-4-6-10/h2-8H,1H3. The van der Waals surface area contributed by atoms with Crippen LogP contribution in [0, 0.1) is 6.92 Å². The third kappa shape index (κ3) is 1.82. The summed E-state index contributed by atoms with van der Waals surface area (Å²) in [6.07, 6.45) is 0. The van der Waals surface area contributed by atoms with Crippen molar-refractivity contribution in [3.63, 3.8) is 0 Å². The molecule has 0 saturated heterocycles. The van der Waals surface area contributed by atoms with E-state index in [2.05, 4.69) is 0 Å². The Morgan fingerprint density at radius 3 is 2.27 bits per heavy atom. The molecule has 1 aromatic carbocycles. The largest absolute Gasteiger partial charge is 0.218 e. The number of thiophene rings is 1. The van der Waals surface area contributed by atoms with E-state index in [1.807, 2.05) is 6.92 Å². The van der Waals surface area contributed by atoms with Gasteiger partial charge in [-0.1, -0.05) is 18.2 Å². The predicted molar refractivity (Wildman–Crippen MR) is 60.9 cm³/mol. The summed E-state index contributed by atoms with van der Waals surface area (Å²) in [5.74, 6) is 0. The summed E-state index contributed by atoms with van der Waals surface area (Å²) in [4.78, 5) is 1.60. The normalized spacial score (nSPS) is 11.5. The molecule has 0 aliphatic heterocycles. The van der Waals surface area contributed by atoms with Crippen molar-refractivity contribution in [3.8, 4) is 0 Å². The topological polar surface area (TPSA) is 34.1 Å². The Bertz CT molecular complexity index is 553. The van der Waals surface area contributed by atoms with Crippen molar-refractivity contribution in [2.75, 3.05) is 0 Å². The van der Waals surface area contributed by atoms with E-state index in [-0.39, 0.29) is 0 Å². The van der Waals surface area contributed by atoms with E-state index in [0.717, 1.165) is 4.88 Å². The molecule has 2 nitrogen and oxygen atoms in total. The van der Waals surface area contributed by atoms with Crippen LogP contribution in [-0.4, -0.2) is 8.42 Å². The molecule has 0 unspecified atom stereocenters. The Kier molecular flexibility index (Phi) is 2.63. The quantitative estimate of drug-likeness (QED) is 0.806. The van der Waals surface area contributed by atoms with Crippen molar-refractivity contribution < 1.29 is 8.42 Å². The molecule has 1 aromatic heterocycles. The molecule has 0 atom stereocenters. The summed E-state index contributed by atoms with van der Waals surface area (Å²) >= 11 is 1.45. The second kappa shape index (κ2) is 3.79. The maximum atomic E-state index is 12.1. The smallest absolute Gasteiger partial charge is 0.207 e. The van der Waals surface area contributed by atoms with Gasteiger partial charge < -0.3 is 0 Å². The van der Waals surface area contributed by atoms with Gasteiger partial charge in [0.25, 0.3) is 0 Å². The van der Waals surface area contributed by atoms with Crippen molar-refractivity contribution >= 4 is 21.2 Å². The number of aryl methyl sites for hydroxylation is 1. The van der Waals surface area contributed by atoms with Crippen LogP contribution in [0.4, 0.5) is 0 Å². The highest BCUT2D eigenvalue weighted by molar-refractivity contribution is 7.91. The van der Waals surface area contributed by atoms with Crippen LogP contribution in [0.3, 0.4) is 0 Å². The maximum Gasteiger partial charge on any atom is 0.207 e. The minimum absolute atomic E-state index is 0.353. The van der Waals surface area contributed by atoms with E-state index in [9.17, 15) is 8.42 Å². The lowest BCUT2D eigenvalue weighted by Gasteiger charge is -2.02. The molecule has 15 heavy (non-hydrogen) atoms. The van der Waals surface area contributed by atoms with Gasteiger partial charge in [0.05, 0.1) is 9.79 Å². The SMILES string of the molecule is Cc1sccc1S(=O)(=O)c1ccccc1. The molecule has 0 aliphatic carbocycles. The molecule has 2 rings (SSSR count). The maximum absolute atomic E-state index is 12.1. The van der Waals surface area contributed by atoms with Crippen LogP contribution in [0.2, 0.25) is 0 Å². The molecule has 0 amide bonds. The number of benzene rings is 1. The Morgan fingerprint density at radius 2 is 1.73 bits per heavy atom. The van der Waals surface area contributed by atoms with Crippen molar-refractivity contribution in [1.29, 1.82) is 0 Å². The summed E-state index contributed by atoms with van der Waals surface area (Å²) in [5, 5.41) is 1.80. The van der Waals surface area contributed by atoms with E-state index < -0.39 is 9.84 Å². The summed E-state index contributed by atoms with van der Waals surface area (Å²) in [6, 6.07) is 10.2. The first-order chi connectivity index (χ1) is 7.12. The molecule has 0 aliphatic rings. The molecule has 4 heteroatoms. The highest BCUT2D eigenvalue weighted by Crippen LogP contribution is 2.26.